The summed E-state index contributed by atoms with van der Waals surface area (Å²) in [6, 6.07) is 18.6. The van der Waals surface area contributed by atoms with Crippen LogP contribution in [0.5, 0.6) is 11.5 Å². The second-order valence-corrected chi connectivity index (χ2v) is 3.51. The smallest absolute Gasteiger partial charge is 0.135 e. The lowest BCUT2D eigenvalue weighted by atomic mass is 10.1. The molecule has 2 rings (SSSR count). The summed E-state index contributed by atoms with van der Waals surface area (Å²) in [6.07, 6.45) is 0.877. The molecule has 2 nitrogen and oxygen atoms in total. The van der Waals surface area contributed by atoms with Crippen molar-refractivity contribution >= 4 is 0 Å². The summed E-state index contributed by atoms with van der Waals surface area (Å²) in [4.78, 5) is 0. The molecule has 0 saturated heterocycles. The molecule has 0 aliphatic rings. The Morgan fingerprint density at radius 2 is 1.88 bits per heavy atom. The summed E-state index contributed by atoms with van der Waals surface area (Å²) >= 11 is 0. The van der Waals surface area contributed by atoms with Gasteiger partial charge in [-0.1, -0.05) is 24.3 Å². The largest absolute Gasteiger partial charge is 0.457 e. The molecule has 0 saturated carbocycles. The maximum Gasteiger partial charge on any atom is 0.135 e. The molecule has 0 atom stereocenters. The normalized spacial score (nSPS) is 10.1. The Balaban J connectivity index is 2.05. The van der Waals surface area contributed by atoms with Crippen LogP contribution in [-0.2, 0) is 6.42 Å². The van der Waals surface area contributed by atoms with E-state index in [0.717, 1.165) is 17.9 Å². The summed E-state index contributed by atoms with van der Waals surface area (Å²) < 4.78 is 5.62. The highest BCUT2D eigenvalue weighted by molar-refractivity contribution is 5.32. The van der Waals surface area contributed by atoms with Crippen LogP contribution in [0.3, 0.4) is 0 Å². The van der Waals surface area contributed by atoms with Crippen molar-refractivity contribution in [2.24, 2.45) is 5.73 Å². The molecule has 2 N–H and O–H groups in total. The van der Waals surface area contributed by atoms with Crippen LogP contribution in [-0.4, -0.2) is 6.54 Å². The van der Waals surface area contributed by atoms with E-state index in [-0.39, 0.29) is 0 Å². The van der Waals surface area contributed by atoms with E-state index in [0.29, 0.717) is 6.54 Å². The molecule has 2 aromatic rings. The van der Waals surface area contributed by atoms with Gasteiger partial charge in [0, 0.05) is 6.07 Å². The minimum Gasteiger partial charge on any atom is -0.457 e. The van der Waals surface area contributed by atoms with E-state index in [1.54, 1.807) is 0 Å². The lowest BCUT2D eigenvalue weighted by Gasteiger charge is -2.05. The molecule has 0 bridgehead atoms. The van der Waals surface area contributed by atoms with Crippen LogP contribution in [0.15, 0.2) is 48.5 Å². The fourth-order valence-corrected chi connectivity index (χ4v) is 1.44. The topological polar surface area (TPSA) is 35.2 Å². The number of benzene rings is 2. The van der Waals surface area contributed by atoms with Gasteiger partial charge in [-0.2, -0.15) is 0 Å². The van der Waals surface area contributed by atoms with E-state index < -0.39 is 0 Å². The van der Waals surface area contributed by atoms with Crippen molar-refractivity contribution in [2.45, 2.75) is 6.42 Å². The summed E-state index contributed by atoms with van der Waals surface area (Å²) in [5, 5.41) is 0. The number of nitrogens with two attached hydrogens (primary N) is 1. The molecule has 0 fully saturated rings. The minimum atomic E-state index is 0.659. The SMILES string of the molecule is NCCc1c[c]c(Oc2ccccc2)cc1. The quantitative estimate of drug-likeness (QED) is 0.845. The van der Waals surface area contributed by atoms with Crippen molar-refractivity contribution in [2.75, 3.05) is 6.54 Å². The van der Waals surface area contributed by atoms with E-state index in [2.05, 4.69) is 6.07 Å². The predicted octanol–water partition coefficient (Wildman–Crippen LogP) is 2.78. The van der Waals surface area contributed by atoms with Gasteiger partial charge >= 0.3 is 0 Å². The Hall–Kier alpha value is -1.80. The van der Waals surface area contributed by atoms with E-state index in [4.69, 9.17) is 10.5 Å². The molecule has 0 aliphatic carbocycles. The lowest BCUT2D eigenvalue weighted by Crippen LogP contribution is -2.02. The first kappa shape index (κ1) is 10.7. The average molecular weight is 212 g/mol. The zero-order valence-electron chi connectivity index (χ0n) is 9.02. The fraction of sp³-hybridized carbons (Fsp3) is 0.143. The van der Waals surface area contributed by atoms with Crippen LogP contribution in [0.1, 0.15) is 5.56 Å². The first-order chi connectivity index (χ1) is 7.88. The van der Waals surface area contributed by atoms with Crippen molar-refractivity contribution < 1.29 is 4.74 Å². The van der Waals surface area contributed by atoms with Crippen molar-refractivity contribution in [3.63, 3.8) is 0 Å². The first-order valence-corrected chi connectivity index (χ1v) is 5.32. The molecular weight excluding hydrogens is 198 g/mol. The van der Waals surface area contributed by atoms with E-state index in [1.807, 2.05) is 48.5 Å². The van der Waals surface area contributed by atoms with Crippen LogP contribution in [0.4, 0.5) is 0 Å². The Kier molecular flexibility index (Phi) is 3.57. The maximum absolute atomic E-state index is 5.62. The van der Waals surface area contributed by atoms with Crippen LogP contribution in [0.25, 0.3) is 0 Å². The van der Waals surface area contributed by atoms with E-state index in [1.165, 1.54) is 5.56 Å². The fourth-order valence-electron chi connectivity index (χ4n) is 1.44. The summed E-state index contributed by atoms with van der Waals surface area (Å²) in [7, 11) is 0. The molecule has 0 aromatic heterocycles. The van der Waals surface area contributed by atoms with Crippen molar-refractivity contribution in [1.82, 2.24) is 0 Å². The van der Waals surface area contributed by atoms with Crippen molar-refractivity contribution in [3.8, 4) is 11.5 Å². The van der Waals surface area contributed by atoms with Gasteiger partial charge in [0.05, 0.1) is 0 Å². The highest BCUT2D eigenvalue weighted by Gasteiger charge is 1.97. The summed E-state index contributed by atoms with van der Waals surface area (Å²) in [6.45, 7) is 0.659. The van der Waals surface area contributed by atoms with Gasteiger partial charge in [-0.25, -0.2) is 0 Å². The molecule has 0 aliphatic heterocycles. The monoisotopic (exact) mass is 212 g/mol. The van der Waals surface area contributed by atoms with Crippen LogP contribution >= 0.6 is 0 Å². The van der Waals surface area contributed by atoms with Crippen LogP contribution < -0.4 is 10.5 Å². The molecule has 0 unspecified atom stereocenters. The predicted molar refractivity (Wildman–Crippen MR) is 64.6 cm³/mol. The zero-order chi connectivity index (χ0) is 11.2. The standard InChI is InChI=1S/C14H14NO/c15-11-10-12-6-8-14(9-7-12)16-13-4-2-1-3-5-13/h1-8H,10-11,15H2. The van der Waals surface area contributed by atoms with Gasteiger partial charge < -0.3 is 10.5 Å². The molecule has 0 spiro atoms. The highest BCUT2D eigenvalue weighted by Crippen LogP contribution is 2.20. The Morgan fingerprint density at radius 3 is 2.50 bits per heavy atom. The third kappa shape index (κ3) is 2.84. The molecule has 16 heavy (non-hydrogen) atoms. The van der Waals surface area contributed by atoms with Crippen molar-refractivity contribution in [1.29, 1.82) is 0 Å². The zero-order valence-corrected chi connectivity index (χ0v) is 9.02. The van der Waals surface area contributed by atoms with E-state index >= 15 is 0 Å². The van der Waals surface area contributed by atoms with Gasteiger partial charge in [-0.3, -0.25) is 0 Å². The molecule has 81 valence electrons. The third-order valence-electron chi connectivity index (χ3n) is 2.25. The third-order valence-corrected chi connectivity index (χ3v) is 2.25. The van der Waals surface area contributed by atoms with Gasteiger partial charge in [-0.05, 0) is 42.8 Å². The Bertz CT molecular complexity index is 422. The van der Waals surface area contributed by atoms with Gasteiger partial charge in [0.25, 0.3) is 0 Å². The Labute approximate surface area is 95.7 Å². The Morgan fingerprint density at radius 1 is 1.06 bits per heavy atom. The lowest BCUT2D eigenvalue weighted by molar-refractivity contribution is 0.481. The highest BCUT2D eigenvalue weighted by atomic mass is 16.5. The van der Waals surface area contributed by atoms with Crippen LogP contribution in [0.2, 0.25) is 0 Å². The first-order valence-electron chi connectivity index (χ1n) is 5.32. The average Bonchev–Trinajstić information content (AvgIpc) is 2.33. The van der Waals surface area contributed by atoms with Gasteiger partial charge in [0.2, 0.25) is 0 Å². The number of rotatable bonds is 4. The van der Waals surface area contributed by atoms with Gasteiger partial charge in [0.15, 0.2) is 0 Å². The summed E-state index contributed by atoms with van der Waals surface area (Å²) in [5.74, 6) is 1.55. The number of para-hydroxylation sites is 1. The molecule has 2 heteroatoms. The molecule has 0 amide bonds. The molecule has 1 radical (unpaired) electrons. The number of hydrogen-bond donors (Lipinski definition) is 1. The number of hydrogen-bond acceptors (Lipinski definition) is 2. The number of ether oxygens (including phenoxy) is 1. The van der Waals surface area contributed by atoms with E-state index in [9.17, 15) is 0 Å². The molecule has 2 aromatic carbocycles. The van der Waals surface area contributed by atoms with Gasteiger partial charge in [0.1, 0.15) is 11.5 Å². The maximum atomic E-state index is 5.62. The minimum absolute atomic E-state index is 0.659. The molecule has 0 heterocycles. The second-order valence-electron chi connectivity index (χ2n) is 3.51. The van der Waals surface area contributed by atoms with Gasteiger partial charge in [-0.15, -0.1) is 0 Å². The van der Waals surface area contributed by atoms with Crippen molar-refractivity contribution in [3.05, 3.63) is 60.2 Å². The second kappa shape index (κ2) is 5.33. The molecular formula is C14H14NO. The summed E-state index contributed by atoms with van der Waals surface area (Å²) in [5.41, 5.74) is 6.66. The van der Waals surface area contributed by atoms with Crippen LogP contribution in [0, 0.1) is 6.07 Å².